The molecular formula is C27H35NO2. The fourth-order valence-electron chi connectivity index (χ4n) is 3.62. The molecule has 0 fully saturated rings. The Hall–Kier alpha value is -2.41. The maximum absolute atomic E-state index is 9.81. The minimum atomic E-state index is -0.287. The van der Waals surface area contributed by atoms with Crippen LogP contribution in [0.25, 0.3) is 12.2 Å². The number of nitrogens with zero attached hydrogens (tertiary/aromatic N) is 1. The monoisotopic (exact) mass is 405 g/mol. The summed E-state index contributed by atoms with van der Waals surface area (Å²) >= 11 is 0. The highest BCUT2D eigenvalue weighted by molar-refractivity contribution is 5.72. The van der Waals surface area contributed by atoms with Gasteiger partial charge in [-0.2, -0.15) is 5.26 Å². The zero-order valence-corrected chi connectivity index (χ0v) is 18.6. The van der Waals surface area contributed by atoms with Crippen LogP contribution in [0, 0.1) is 24.2 Å². The van der Waals surface area contributed by atoms with Gasteiger partial charge in [0.25, 0.3) is 0 Å². The van der Waals surface area contributed by atoms with Crippen LogP contribution in [0.3, 0.4) is 0 Å². The van der Waals surface area contributed by atoms with Crippen molar-refractivity contribution < 1.29 is 10.2 Å². The van der Waals surface area contributed by atoms with Crippen molar-refractivity contribution in [3.05, 3.63) is 69.8 Å². The number of hydrogen-bond donors (Lipinski definition) is 2. The Bertz CT molecular complexity index is 879. The van der Waals surface area contributed by atoms with Crippen LogP contribution in [0.2, 0.25) is 0 Å². The number of aryl methyl sites for hydroxylation is 4. The van der Waals surface area contributed by atoms with E-state index in [9.17, 15) is 5.11 Å². The molecule has 0 aliphatic heterocycles. The van der Waals surface area contributed by atoms with Gasteiger partial charge in [-0.15, -0.1) is 0 Å². The molecular weight excluding hydrogens is 370 g/mol. The van der Waals surface area contributed by atoms with E-state index in [1.165, 1.54) is 33.4 Å². The topological polar surface area (TPSA) is 64.2 Å². The normalized spacial score (nSPS) is 13.3. The summed E-state index contributed by atoms with van der Waals surface area (Å²) in [6.45, 7) is 6.23. The molecule has 0 radical (unpaired) electrons. The third-order valence-electron chi connectivity index (χ3n) is 5.79. The number of hydrogen-bond acceptors (Lipinski definition) is 3. The fourth-order valence-corrected chi connectivity index (χ4v) is 3.62. The Balaban J connectivity index is 2.08. The van der Waals surface area contributed by atoms with Gasteiger partial charge < -0.3 is 10.2 Å². The molecule has 0 saturated carbocycles. The summed E-state index contributed by atoms with van der Waals surface area (Å²) in [6.07, 6.45) is 9.13. The Morgan fingerprint density at radius 1 is 0.967 bits per heavy atom. The van der Waals surface area contributed by atoms with Gasteiger partial charge in [0.2, 0.25) is 0 Å². The number of nitriles is 1. The largest absolute Gasteiger partial charge is 0.395 e. The predicted molar refractivity (Wildman–Crippen MR) is 125 cm³/mol. The first-order chi connectivity index (χ1) is 14.5. The molecule has 0 aliphatic carbocycles. The van der Waals surface area contributed by atoms with Crippen LogP contribution in [0.1, 0.15) is 66.5 Å². The number of rotatable bonds is 11. The van der Waals surface area contributed by atoms with E-state index in [1.54, 1.807) is 0 Å². The van der Waals surface area contributed by atoms with Crippen LogP contribution in [0.5, 0.6) is 0 Å². The van der Waals surface area contributed by atoms with Crippen LogP contribution in [0.15, 0.2) is 36.4 Å². The highest BCUT2D eigenvalue weighted by atomic mass is 16.3. The summed E-state index contributed by atoms with van der Waals surface area (Å²) < 4.78 is 0. The molecule has 0 saturated heterocycles. The van der Waals surface area contributed by atoms with Crippen LogP contribution in [-0.2, 0) is 19.3 Å². The molecule has 0 aliphatic rings. The highest BCUT2D eigenvalue weighted by Gasteiger charge is 2.07. The Kier molecular flexibility index (Phi) is 9.80. The SMILES string of the molecule is CCc1cc(CCC(O)CC)ccc1/C=C\c1ccc(CCC(C#N)CO)cc1C. The molecule has 2 rings (SSSR count). The lowest BCUT2D eigenvalue weighted by Gasteiger charge is -2.11. The average molecular weight is 406 g/mol. The fraction of sp³-hybridized carbons (Fsp3) is 0.444. The maximum atomic E-state index is 9.81. The van der Waals surface area contributed by atoms with Gasteiger partial charge in [-0.1, -0.05) is 62.4 Å². The molecule has 0 spiro atoms. The van der Waals surface area contributed by atoms with Crippen LogP contribution >= 0.6 is 0 Å². The van der Waals surface area contributed by atoms with Crippen molar-refractivity contribution in [3.63, 3.8) is 0 Å². The van der Waals surface area contributed by atoms with E-state index in [0.717, 1.165) is 32.1 Å². The van der Waals surface area contributed by atoms with Crippen LogP contribution in [0.4, 0.5) is 0 Å². The second-order valence-electron chi connectivity index (χ2n) is 8.06. The molecule has 3 nitrogen and oxygen atoms in total. The third-order valence-corrected chi connectivity index (χ3v) is 5.79. The molecule has 160 valence electrons. The summed E-state index contributed by atoms with van der Waals surface area (Å²) in [6, 6.07) is 15.2. The second kappa shape index (κ2) is 12.3. The van der Waals surface area contributed by atoms with E-state index in [2.05, 4.69) is 68.5 Å². The van der Waals surface area contributed by atoms with Gasteiger partial charge in [0.05, 0.1) is 24.7 Å². The summed E-state index contributed by atoms with van der Waals surface area (Å²) in [5, 5.41) is 27.9. The standard InChI is InChI=1S/C27H35NO2/c1-4-24-17-22(10-15-27(30)5-2)9-12-26(24)14-13-25-11-8-21(16-20(25)3)6-7-23(18-28)19-29/h8-9,11-14,16-17,23,27,29-30H,4-7,10,15,19H2,1-3H3/b14-13-. The molecule has 0 aromatic heterocycles. The van der Waals surface area contributed by atoms with Gasteiger partial charge in [-0.3, -0.25) is 0 Å². The lowest BCUT2D eigenvalue weighted by molar-refractivity contribution is 0.160. The lowest BCUT2D eigenvalue weighted by atomic mass is 9.96. The molecule has 0 bridgehead atoms. The van der Waals surface area contributed by atoms with E-state index in [1.807, 2.05) is 6.92 Å². The van der Waals surface area contributed by atoms with Crippen molar-refractivity contribution in [1.82, 2.24) is 0 Å². The van der Waals surface area contributed by atoms with E-state index < -0.39 is 0 Å². The average Bonchev–Trinajstić information content (AvgIpc) is 2.77. The van der Waals surface area contributed by atoms with Crippen molar-refractivity contribution in [2.75, 3.05) is 6.61 Å². The van der Waals surface area contributed by atoms with Crippen molar-refractivity contribution in [2.45, 2.75) is 65.4 Å². The molecule has 30 heavy (non-hydrogen) atoms. The second-order valence-corrected chi connectivity index (χ2v) is 8.06. The number of benzene rings is 2. The van der Waals surface area contributed by atoms with Gasteiger partial charge in [-0.05, 0) is 78.8 Å². The van der Waals surface area contributed by atoms with Gasteiger partial charge in [0.1, 0.15) is 0 Å². The quantitative estimate of drug-likeness (QED) is 0.485. The molecule has 2 atom stereocenters. The van der Waals surface area contributed by atoms with Gasteiger partial charge in [0.15, 0.2) is 0 Å². The molecule has 0 amide bonds. The maximum Gasteiger partial charge on any atom is 0.0697 e. The van der Waals surface area contributed by atoms with E-state index in [-0.39, 0.29) is 18.6 Å². The number of aliphatic hydroxyl groups excluding tert-OH is 2. The van der Waals surface area contributed by atoms with Crippen molar-refractivity contribution in [1.29, 1.82) is 5.26 Å². The van der Waals surface area contributed by atoms with Crippen molar-refractivity contribution in [3.8, 4) is 6.07 Å². The Morgan fingerprint density at radius 2 is 1.60 bits per heavy atom. The number of aliphatic hydroxyl groups is 2. The predicted octanol–water partition coefficient (Wildman–Crippen LogP) is 5.50. The van der Waals surface area contributed by atoms with Crippen LogP contribution < -0.4 is 0 Å². The Labute approximate surface area is 181 Å². The molecule has 2 N–H and O–H groups in total. The van der Waals surface area contributed by atoms with E-state index in [0.29, 0.717) is 6.42 Å². The highest BCUT2D eigenvalue weighted by Crippen LogP contribution is 2.20. The lowest BCUT2D eigenvalue weighted by Crippen LogP contribution is -2.06. The Morgan fingerprint density at radius 3 is 2.20 bits per heavy atom. The van der Waals surface area contributed by atoms with Gasteiger partial charge in [0, 0.05) is 0 Å². The van der Waals surface area contributed by atoms with Gasteiger partial charge in [-0.25, -0.2) is 0 Å². The first-order valence-corrected chi connectivity index (χ1v) is 11.1. The summed E-state index contributed by atoms with van der Waals surface area (Å²) in [5.41, 5.74) is 7.46. The third kappa shape index (κ3) is 7.13. The first-order valence-electron chi connectivity index (χ1n) is 11.1. The summed E-state index contributed by atoms with van der Waals surface area (Å²) in [4.78, 5) is 0. The van der Waals surface area contributed by atoms with E-state index >= 15 is 0 Å². The molecule has 2 unspecified atom stereocenters. The zero-order chi connectivity index (χ0) is 21.9. The molecule has 0 heterocycles. The van der Waals surface area contributed by atoms with Crippen molar-refractivity contribution in [2.24, 2.45) is 5.92 Å². The molecule has 2 aromatic carbocycles. The summed E-state index contributed by atoms with van der Waals surface area (Å²) in [5.74, 6) is -0.287. The van der Waals surface area contributed by atoms with Gasteiger partial charge >= 0.3 is 0 Å². The summed E-state index contributed by atoms with van der Waals surface area (Å²) in [7, 11) is 0. The smallest absolute Gasteiger partial charge is 0.0697 e. The first kappa shape index (κ1) is 23.9. The minimum Gasteiger partial charge on any atom is -0.395 e. The minimum absolute atomic E-state index is 0.0754. The van der Waals surface area contributed by atoms with Crippen LogP contribution in [-0.4, -0.2) is 22.9 Å². The molecule has 3 heteroatoms. The van der Waals surface area contributed by atoms with Crippen molar-refractivity contribution >= 4 is 12.2 Å². The molecule has 2 aromatic rings. The zero-order valence-electron chi connectivity index (χ0n) is 18.6. The van der Waals surface area contributed by atoms with E-state index in [4.69, 9.17) is 10.4 Å².